The number of thiophene rings is 1. The first-order valence-corrected chi connectivity index (χ1v) is 8.42. The number of phenols is 1. The number of aryl methyl sites for hydroxylation is 1. The molecule has 3 aromatic carbocycles. The Bertz CT molecular complexity index is 966. The van der Waals surface area contributed by atoms with Gasteiger partial charge in [0.05, 0.1) is 4.70 Å². The van der Waals surface area contributed by atoms with E-state index in [1.54, 1.807) is 17.4 Å². The van der Waals surface area contributed by atoms with Gasteiger partial charge in [-0.2, -0.15) is 0 Å². The Kier molecular flexibility index (Phi) is 3.40. The normalized spacial score (nSPS) is 11.0. The molecule has 0 bridgehead atoms. The van der Waals surface area contributed by atoms with Crippen LogP contribution < -0.4 is 0 Å². The molecule has 0 unspecified atom stereocenters. The van der Waals surface area contributed by atoms with Crippen LogP contribution in [0.2, 0.25) is 0 Å². The van der Waals surface area contributed by atoms with Gasteiger partial charge in [0.2, 0.25) is 0 Å². The van der Waals surface area contributed by atoms with E-state index < -0.39 is 0 Å². The van der Waals surface area contributed by atoms with Crippen molar-refractivity contribution in [1.82, 2.24) is 0 Å². The summed E-state index contributed by atoms with van der Waals surface area (Å²) < 4.78 is 0.946. The van der Waals surface area contributed by atoms with E-state index in [1.165, 1.54) is 27.1 Å². The second-order valence-corrected chi connectivity index (χ2v) is 6.71. The number of hydrogen-bond acceptors (Lipinski definition) is 2. The zero-order valence-corrected chi connectivity index (χ0v) is 13.6. The molecule has 4 aromatic rings. The first-order valence-electron chi connectivity index (χ1n) is 7.61. The van der Waals surface area contributed by atoms with Crippen molar-refractivity contribution >= 4 is 21.4 Å². The summed E-state index contributed by atoms with van der Waals surface area (Å²) in [5.74, 6) is 0.350. The molecule has 112 valence electrons. The first kappa shape index (κ1) is 14.0. The summed E-state index contributed by atoms with van der Waals surface area (Å²) in [7, 11) is 0. The topological polar surface area (TPSA) is 20.2 Å². The highest BCUT2D eigenvalue weighted by atomic mass is 32.1. The molecule has 0 fully saturated rings. The average molecular weight is 316 g/mol. The molecule has 1 nitrogen and oxygen atoms in total. The Morgan fingerprint density at radius 2 is 1.48 bits per heavy atom. The maximum Gasteiger partial charge on any atom is 0.133 e. The van der Waals surface area contributed by atoms with Gasteiger partial charge in [0, 0.05) is 15.8 Å². The van der Waals surface area contributed by atoms with E-state index in [9.17, 15) is 5.11 Å². The van der Waals surface area contributed by atoms with Gasteiger partial charge in [-0.3, -0.25) is 0 Å². The van der Waals surface area contributed by atoms with Crippen LogP contribution in [-0.2, 0) is 0 Å². The quantitative estimate of drug-likeness (QED) is 0.463. The van der Waals surface area contributed by atoms with Gasteiger partial charge in [0.1, 0.15) is 5.75 Å². The van der Waals surface area contributed by atoms with Gasteiger partial charge in [-0.15, -0.1) is 11.3 Å². The van der Waals surface area contributed by atoms with Crippen molar-refractivity contribution in [2.45, 2.75) is 6.92 Å². The fourth-order valence-corrected chi connectivity index (χ4v) is 4.14. The highest BCUT2D eigenvalue weighted by Gasteiger charge is 2.17. The maximum absolute atomic E-state index is 10.3. The average Bonchev–Trinajstić information content (AvgIpc) is 2.97. The van der Waals surface area contributed by atoms with Crippen LogP contribution in [0.4, 0.5) is 0 Å². The van der Waals surface area contributed by atoms with Crippen molar-refractivity contribution in [3.05, 3.63) is 78.4 Å². The SMILES string of the molecule is Cc1ccc(-c2c(-c3ccccc3)sc3c(O)cccc23)cc1. The number of aromatic hydroxyl groups is 1. The summed E-state index contributed by atoms with van der Waals surface area (Å²) in [6.45, 7) is 2.10. The molecule has 0 radical (unpaired) electrons. The van der Waals surface area contributed by atoms with Crippen LogP contribution in [0.25, 0.3) is 31.7 Å². The predicted molar refractivity (Wildman–Crippen MR) is 99.1 cm³/mol. The fourth-order valence-electron chi connectivity index (χ4n) is 2.90. The monoisotopic (exact) mass is 316 g/mol. The number of fused-ring (bicyclic) bond motifs is 1. The van der Waals surface area contributed by atoms with Gasteiger partial charge < -0.3 is 5.11 Å². The molecule has 4 rings (SSSR count). The van der Waals surface area contributed by atoms with Crippen LogP contribution >= 0.6 is 11.3 Å². The van der Waals surface area contributed by atoms with Crippen LogP contribution in [0.15, 0.2) is 72.8 Å². The maximum atomic E-state index is 10.3. The molecule has 1 N–H and O–H groups in total. The highest BCUT2D eigenvalue weighted by molar-refractivity contribution is 7.23. The minimum Gasteiger partial charge on any atom is -0.506 e. The van der Waals surface area contributed by atoms with E-state index in [0.29, 0.717) is 5.75 Å². The lowest BCUT2D eigenvalue weighted by molar-refractivity contribution is 0.482. The van der Waals surface area contributed by atoms with Crippen molar-refractivity contribution in [3.63, 3.8) is 0 Å². The van der Waals surface area contributed by atoms with Gasteiger partial charge in [0.25, 0.3) is 0 Å². The Labute approximate surface area is 139 Å². The van der Waals surface area contributed by atoms with Crippen molar-refractivity contribution in [2.24, 2.45) is 0 Å². The van der Waals surface area contributed by atoms with Crippen molar-refractivity contribution in [1.29, 1.82) is 0 Å². The second kappa shape index (κ2) is 5.56. The van der Waals surface area contributed by atoms with Crippen LogP contribution in [0, 0.1) is 6.92 Å². The van der Waals surface area contributed by atoms with Gasteiger partial charge >= 0.3 is 0 Å². The smallest absolute Gasteiger partial charge is 0.133 e. The van der Waals surface area contributed by atoms with Gasteiger partial charge in [-0.05, 0) is 24.1 Å². The van der Waals surface area contributed by atoms with E-state index in [4.69, 9.17) is 0 Å². The molecule has 0 saturated heterocycles. The third-order valence-electron chi connectivity index (χ3n) is 4.07. The number of benzene rings is 3. The molecule has 2 heteroatoms. The molecule has 0 saturated carbocycles. The Morgan fingerprint density at radius 3 is 2.22 bits per heavy atom. The molecule has 1 heterocycles. The summed E-state index contributed by atoms with van der Waals surface area (Å²) in [6.07, 6.45) is 0. The molecule has 0 spiro atoms. The summed E-state index contributed by atoms with van der Waals surface area (Å²) in [5, 5.41) is 11.4. The lowest BCUT2D eigenvalue weighted by Gasteiger charge is -2.06. The van der Waals surface area contributed by atoms with Crippen LogP contribution in [0.5, 0.6) is 5.75 Å². The molecular formula is C21H16OS. The summed E-state index contributed by atoms with van der Waals surface area (Å²) in [6, 6.07) is 24.7. The van der Waals surface area contributed by atoms with Gasteiger partial charge in [-0.1, -0.05) is 72.3 Å². The number of phenolic OH excluding ortho intramolecular Hbond substituents is 1. The van der Waals surface area contributed by atoms with Crippen LogP contribution in [0.3, 0.4) is 0 Å². The standard InChI is InChI=1S/C21H16OS/c1-14-10-12-15(13-11-14)19-17-8-5-9-18(22)21(17)23-20(19)16-6-3-2-4-7-16/h2-13,22H,1H3. The largest absolute Gasteiger partial charge is 0.506 e. The van der Waals surface area contributed by atoms with Gasteiger partial charge in [-0.25, -0.2) is 0 Å². The fraction of sp³-hybridized carbons (Fsp3) is 0.0476. The van der Waals surface area contributed by atoms with E-state index >= 15 is 0 Å². The Hall–Kier alpha value is -2.58. The zero-order chi connectivity index (χ0) is 15.8. The van der Waals surface area contributed by atoms with Crippen molar-refractivity contribution < 1.29 is 5.11 Å². The van der Waals surface area contributed by atoms with Crippen LogP contribution in [0.1, 0.15) is 5.56 Å². The molecule has 0 aliphatic heterocycles. The second-order valence-electron chi connectivity index (χ2n) is 5.69. The summed E-state index contributed by atoms with van der Waals surface area (Å²) in [4.78, 5) is 1.20. The summed E-state index contributed by atoms with van der Waals surface area (Å²) in [5.41, 5.74) is 4.82. The summed E-state index contributed by atoms with van der Waals surface area (Å²) >= 11 is 1.65. The first-order chi connectivity index (χ1) is 11.2. The number of hydrogen-bond donors (Lipinski definition) is 1. The third kappa shape index (κ3) is 2.41. The van der Waals surface area contributed by atoms with Crippen molar-refractivity contribution in [3.8, 4) is 27.3 Å². The predicted octanol–water partition coefficient (Wildman–Crippen LogP) is 6.25. The lowest BCUT2D eigenvalue weighted by atomic mass is 9.98. The minimum atomic E-state index is 0.350. The molecule has 0 aliphatic carbocycles. The van der Waals surface area contributed by atoms with Crippen molar-refractivity contribution in [2.75, 3.05) is 0 Å². The highest BCUT2D eigenvalue weighted by Crippen LogP contribution is 2.47. The van der Waals surface area contributed by atoms with E-state index in [2.05, 4.69) is 61.5 Å². The van der Waals surface area contributed by atoms with E-state index in [1.807, 2.05) is 12.1 Å². The lowest BCUT2D eigenvalue weighted by Crippen LogP contribution is -1.81. The third-order valence-corrected chi connectivity index (χ3v) is 5.35. The molecule has 23 heavy (non-hydrogen) atoms. The van der Waals surface area contributed by atoms with E-state index in [-0.39, 0.29) is 0 Å². The van der Waals surface area contributed by atoms with Gasteiger partial charge in [0.15, 0.2) is 0 Å². The Balaban J connectivity index is 2.07. The van der Waals surface area contributed by atoms with E-state index in [0.717, 1.165) is 10.1 Å². The van der Waals surface area contributed by atoms with Crippen LogP contribution in [-0.4, -0.2) is 5.11 Å². The zero-order valence-electron chi connectivity index (χ0n) is 12.8. The molecule has 0 amide bonds. The molecule has 1 aromatic heterocycles. The molecule has 0 atom stereocenters. The molecule has 0 aliphatic rings. The Morgan fingerprint density at radius 1 is 0.739 bits per heavy atom. The molecular weight excluding hydrogens is 300 g/mol. The minimum absolute atomic E-state index is 0.350. The number of rotatable bonds is 2.